The smallest absolute Gasteiger partial charge is 0.387 e. The third kappa shape index (κ3) is 5.54. The van der Waals surface area contributed by atoms with E-state index in [1.54, 1.807) is 0 Å². The highest BCUT2D eigenvalue weighted by Gasteiger charge is 2.54. The van der Waals surface area contributed by atoms with Gasteiger partial charge in [0.2, 0.25) is 0 Å². The van der Waals surface area contributed by atoms with Crippen molar-refractivity contribution in [2.45, 2.75) is 31.0 Å². The van der Waals surface area contributed by atoms with Crippen LogP contribution in [0.25, 0.3) is 11.0 Å². The zero-order valence-corrected chi connectivity index (χ0v) is 19.5. The first-order valence-electron chi connectivity index (χ1n) is 8.83. The summed E-state index contributed by atoms with van der Waals surface area (Å²) in [6, 6.07) is 1.88. The fraction of sp³-hybridized carbons (Fsp3) is 0.462. The minimum Gasteiger partial charge on any atom is -0.387 e. The second-order valence-corrected chi connectivity index (χ2v) is 11.5. The monoisotopic (exact) mass is 545 g/mol. The molecule has 8 N–H and O–H groups in total. The van der Waals surface area contributed by atoms with E-state index in [1.165, 1.54) is 10.8 Å². The second kappa shape index (κ2) is 9.01. The Bertz CT molecular complexity index is 1290. The first-order valence-corrected chi connectivity index (χ1v) is 13.3. The van der Waals surface area contributed by atoms with Gasteiger partial charge in [-0.3, -0.25) is 4.52 Å². The predicted molar refractivity (Wildman–Crippen MR) is 107 cm³/mol. The SMILES string of the molecule is C[C@@]1(O)[C@H](O)[C@@H](COP(=O)(O)OP(=O)(O)OP(=O)(O)O)O[C@H]1n1cc(C#N)c2c(N)ncnc21. The number of ether oxygens (including phenoxy) is 1. The fourth-order valence-corrected chi connectivity index (χ4v) is 6.25. The van der Waals surface area contributed by atoms with Crippen LogP contribution in [0.4, 0.5) is 5.82 Å². The summed E-state index contributed by atoms with van der Waals surface area (Å²) < 4.78 is 52.4. The largest absolute Gasteiger partial charge is 0.490 e. The summed E-state index contributed by atoms with van der Waals surface area (Å²) in [5.41, 5.74) is 3.78. The van der Waals surface area contributed by atoms with Crippen LogP contribution in [0.1, 0.15) is 18.7 Å². The maximum absolute atomic E-state index is 11.9. The Morgan fingerprint density at radius 1 is 1.24 bits per heavy atom. The molecule has 0 radical (unpaired) electrons. The zero-order chi connectivity index (χ0) is 25.7. The molecule has 1 fully saturated rings. The van der Waals surface area contributed by atoms with Crippen LogP contribution in [0.2, 0.25) is 0 Å². The number of phosphoric ester groups is 1. The number of aromatic nitrogens is 3. The Morgan fingerprint density at radius 2 is 1.88 bits per heavy atom. The first-order chi connectivity index (χ1) is 15.5. The number of aliphatic hydroxyl groups excluding tert-OH is 1. The molecule has 0 aliphatic carbocycles. The second-order valence-electron chi connectivity index (χ2n) is 7.10. The number of nitrogen functional groups attached to an aromatic ring is 1. The number of nitriles is 1. The van der Waals surface area contributed by atoms with Gasteiger partial charge in [0.05, 0.1) is 17.6 Å². The number of nitrogens with two attached hydrogens (primary N) is 1. The Morgan fingerprint density at radius 3 is 2.47 bits per heavy atom. The van der Waals surface area contributed by atoms with Gasteiger partial charge in [-0.25, -0.2) is 23.7 Å². The number of anilines is 1. The van der Waals surface area contributed by atoms with E-state index in [2.05, 4.69) is 23.1 Å². The van der Waals surface area contributed by atoms with Gasteiger partial charge in [0.25, 0.3) is 0 Å². The minimum atomic E-state index is -5.75. The Balaban J connectivity index is 1.81. The van der Waals surface area contributed by atoms with Crippen LogP contribution in [0.3, 0.4) is 0 Å². The van der Waals surface area contributed by atoms with Gasteiger partial charge < -0.3 is 44.8 Å². The van der Waals surface area contributed by atoms with Crippen molar-refractivity contribution in [3.63, 3.8) is 0 Å². The lowest BCUT2D eigenvalue weighted by Crippen LogP contribution is -2.44. The summed E-state index contributed by atoms with van der Waals surface area (Å²) in [5.74, 6) is -0.0392. The highest BCUT2D eigenvalue weighted by molar-refractivity contribution is 7.66. The molecule has 6 atom stereocenters. The van der Waals surface area contributed by atoms with Crippen molar-refractivity contribution in [1.82, 2.24) is 14.5 Å². The highest BCUT2D eigenvalue weighted by Crippen LogP contribution is 2.66. The van der Waals surface area contributed by atoms with Gasteiger partial charge in [-0.15, -0.1) is 0 Å². The van der Waals surface area contributed by atoms with Crippen molar-refractivity contribution in [1.29, 1.82) is 5.26 Å². The van der Waals surface area contributed by atoms with Crippen LogP contribution < -0.4 is 5.73 Å². The molecule has 34 heavy (non-hydrogen) atoms. The molecule has 2 aromatic rings. The Labute approximate surface area is 189 Å². The molecule has 0 spiro atoms. The number of hydrogen-bond donors (Lipinski definition) is 7. The lowest BCUT2D eigenvalue weighted by molar-refractivity contribution is -0.0947. The van der Waals surface area contributed by atoms with Crippen molar-refractivity contribution in [3.05, 3.63) is 18.1 Å². The third-order valence-electron chi connectivity index (χ3n) is 4.58. The molecular formula is C13H18N5O13P3. The van der Waals surface area contributed by atoms with Crippen LogP contribution >= 0.6 is 23.5 Å². The molecule has 0 aromatic carbocycles. The standard InChI is InChI=1S/C13H18N5O13P3/c1-13(20)9(19)7(4-28-33(24,25)31-34(26,27)30-32(21,22)23)29-12(13)18-3-6(2-14)8-10(15)16-5-17-11(8)18/h3,5,7,9,12,19-20H,4H2,1H3,(H,24,25)(H,26,27)(H2,15,16,17)(H2,21,22,23)/t7-,9-,12-,13-/m1/s1. The van der Waals surface area contributed by atoms with E-state index < -0.39 is 54.1 Å². The van der Waals surface area contributed by atoms with E-state index in [0.717, 1.165) is 13.3 Å². The molecule has 0 bridgehead atoms. The van der Waals surface area contributed by atoms with Gasteiger partial charge in [0.15, 0.2) is 6.23 Å². The van der Waals surface area contributed by atoms with Crippen LogP contribution in [0.15, 0.2) is 12.5 Å². The maximum atomic E-state index is 11.9. The molecule has 1 aliphatic heterocycles. The molecule has 2 aromatic heterocycles. The molecule has 188 valence electrons. The molecular weight excluding hydrogens is 527 g/mol. The average molecular weight is 545 g/mol. The molecule has 3 heterocycles. The molecule has 2 unspecified atom stereocenters. The van der Waals surface area contributed by atoms with Crippen LogP contribution in [-0.4, -0.2) is 68.7 Å². The molecule has 1 aliphatic rings. The normalized spacial score (nSPS) is 28.9. The van der Waals surface area contributed by atoms with Gasteiger partial charge in [-0.1, -0.05) is 0 Å². The van der Waals surface area contributed by atoms with Crippen LogP contribution in [0.5, 0.6) is 0 Å². The number of rotatable bonds is 8. The quantitative estimate of drug-likeness (QED) is 0.200. The van der Waals surface area contributed by atoms with E-state index in [4.69, 9.17) is 20.3 Å². The number of hydrogen-bond acceptors (Lipinski definition) is 13. The Kier molecular flexibility index (Phi) is 7.10. The highest BCUT2D eigenvalue weighted by atomic mass is 31.3. The summed E-state index contributed by atoms with van der Waals surface area (Å²) in [7, 11) is -16.8. The van der Waals surface area contributed by atoms with Crippen LogP contribution in [0, 0.1) is 11.3 Å². The third-order valence-corrected chi connectivity index (χ3v) is 8.39. The van der Waals surface area contributed by atoms with Gasteiger partial charge in [0, 0.05) is 6.20 Å². The van der Waals surface area contributed by atoms with Gasteiger partial charge in [-0.2, -0.15) is 13.9 Å². The summed E-state index contributed by atoms with van der Waals surface area (Å²) >= 11 is 0. The average Bonchev–Trinajstić information content (AvgIpc) is 3.14. The summed E-state index contributed by atoms with van der Waals surface area (Å²) in [5, 5.41) is 30.8. The van der Waals surface area contributed by atoms with E-state index in [9.17, 15) is 39.0 Å². The van der Waals surface area contributed by atoms with Crippen molar-refractivity contribution < 1.29 is 61.4 Å². The van der Waals surface area contributed by atoms with Crippen LogP contribution in [-0.2, 0) is 31.6 Å². The number of phosphoric acid groups is 3. The molecule has 0 saturated carbocycles. The summed E-state index contributed by atoms with van der Waals surface area (Å²) in [4.78, 5) is 43.6. The van der Waals surface area contributed by atoms with Gasteiger partial charge in [0.1, 0.15) is 41.7 Å². The van der Waals surface area contributed by atoms with Crippen molar-refractivity contribution in [3.8, 4) is 6.07 Å². The van der Waals surface area contributed by atoms with Crippen molar-refractivity contribution >= 4 is 40.3 Å². The number of aliphatic hydroxyl groups is 2. The number of fused-ring (bicyclic) bond motifs is 1. The van der Waals surface area contributed by atoms with E-state index in [0.29, 0.717) is 0 Å². The fourth-order valence-electron chi connectivity index (χ4n) is 3.22. The maximum Gasteiger partial charge on any atom is 0.490 e. The molecule has 21 heteroatoms. The van der Waals surface area contributed by atoms with Crippen molar-refractivity contribution in [2.24, 2.45) is 0 Å². The van der Waals surface area contributed by atoms with Gasteiger partial charge in [-0.05, 0) is 6.92 Å². The lowest BCUT2D eigenvalue weighted by Gasteiger charge is -2.27. The molecule has 1 saturated heterocycles. The van der Waals surface area contributed by atoms with E-state index in [1.807, 2.05) is 6.07 Å². The topological polar surface area (TPSA) is 290 Å². The number of nitrogens with zero attached hydrogens (tertiary/aromatic N) is 4. The zero-order valence-electron chi connectivity index (χ0n) is 16.8. The van der Waals surface area contributed by atoms with E-state index >= 15 is 0 Å². The first kappa shape index (κ1) is 26.8. The Hall–Kier alpha value is -1.80. The lowest BCUT2D eigenvalue weighted by atomic mass is 9.96. The van der Waals surface area contributed by atoms with E-state index in [-0.39, 0.29) is 22.4 Å². The van der Waals surface area contributed by atoms with Gasteiger partial charge >= 0.3 is 23.5 Å². The minimum absolute atomic E-state index is 0.0266. The summed E-state index contributed by atoms with van der Waals surface area (Å²) in [6.45, 7) is 0.133. The molecule has 18 nitrogen and oxygen atoms in total. The summed E-state index contributed by atoms with van der Waals surface area (Å²) in [6.07, 6.45) is -2.45. The predicted octanol–water partition coefficient (Wildman–Crippen LogP) is -0.762. The molecule has 3 rings (SSSR count). The van der Waals surface area contributed by atoms with Crippen molar-refractivity contribution in [2.75, 3.05) is 12.3 Å². The molecule has 0 amide bonds.